The van der Waals surface area contributed by atoms with Gasteiger partial charge in [0.1, 0.15) is 18.2 Å². The average Bonchev–Trinajstić information content (AvgIpc) is 3.57. The Balaban J connectivity index is 1.09. The fourth-order valence-electron chi connectivity index (χ4n) is 6.56. The number of nitrogens with zero attached hydrogens (tertiary/aromatic N) is 3. The Morgan fingerprint density at radius 1 is 1.16 bits per heavy atom. The zero-order chi connectivity index (χ0) is 26.3. The van der Waals surface area contributed by atoms with Crippen LogP contribution in [0.15, 0.2) is 36.4 Å². The molecule has 0 saturated carbocycles. The van der Waals surface area contributed by atoms with Crippen molar-refractivity contribution in [1.82, 2.24) is 4.90 Å². The number of fused-ring (bicyclic) bond motifs is 1. The summed E-state index contributed by atoms with van der Waals surface area (Å²) in [6, 6.07) is 11.3. The van der Waals surface area contributed by atoms with Crippen LogP contribution in [0, 0.1) is 11.2 Å². The molecule has 0 aromatic heterocycles. The first-order chi connectivity index (χ1) is 18.4. The zero-order valence-corrected chi connectivity index (χ0v) is 22.5. The van der Waals surface area contributed by atoms with Crippen LogP contribution in [0.4, 0.5) is 15.8 Å². The second-order valence-corrected chi connectivity index (χ2v) is 11.5. The molecule has 2 aromatic rings. The molecule has 3 fully saturated rings. The van der Waals surface area contributed by atoms with E-state index in [0.717, 1.165) is 70.0 Å². The maximum atomic E-state index is 15.4. The first-order valence-corrected chi connectivity index (χ1v) is 13.9. The van der Waals surface area contributed by atoms with Gasteiger partial charge in [0.2, 0.25) is 0 Å². The van der Waals surface area contributed by atoms with Gasteiger partial charge in [-0.3, -0.25) is 9.69 Å². The maximum Gasteiger partial charge on any atom is 0.258 e. The van der Waals surface area contributed by atoms with Crippen LogP contribution in [0.2, 0.25) is 0 Å². The van der Waals surface area contributed by atoms with Gasteiger partial charge in [-0.1, -0.05) is 0 Å². The van der Waals surface area contributed by atoms with E-state index in [-0.39, 0.29) is 23.2 Å². The molecule has 4 heterocycles. The summed E-state index contributed by atoms with van der Waals surface area (Å²) in [7, 11) is 1.74. The molecule has 0 N–H and O–H groups in total. The normalized spacial score (nSPS) is 23.6. The van der Waals surface area contributed by atoms with Crippen molar-refractivity contribution in [3.63, 3.8) is 0 Å². The molecule has 2 atom stereocenters. The van der Waals surface area contributed by atoms with Crippen LogP contribution in [-0.4, -0.2) is 82.6 Å². The lowest BCUT2D eigenvalue weighted by atomic mass is 9.78. The fourth-order valence-corrected chi connectivity index (χ4v) is 6.56. The van der Waals surface area contributed by atoms with Gasteiger partial charge >= 0.3 is 0 Å². The Morgan fingerprint density at radius 2 is 2.03 bits per heavy atom. The number of anilines is 2. The molecule has 3 saturated heterocycles. The Morgan fingerprint density at radius 3 is 2.79 bits per heavy atom. The summed E-state index contributed by atoms with van der Waals surface area (Å²) in [6.07, 6.45) is 4.04. The molecule has 4 aliphatic rings. The number of carbonyl (C=O) groups is 1. The minimum atomic E-state index is -0.264. The van der Waals surface area contributed by atoms with Crippen molar-refractivity contribution in [2.24, 2.45) is 5.41 Å². The quantitative estimate of drug-likeness (QED) is 0.519. The second kappa shape index (κ2) is 10.5. The summed E-state index contributed by atoms with van der Waals surface area (Å²) in [5.74, 6) is 0.408. The molecule has 2 aromatic carbocycles. The molecule has 1 unspecified atom stereocenters. The van der Waals surface area contributed by atoms with Gasteiger partial charge in [0.15, 0.2) is 0 Å². The summed E-state index contributed by atoms with van der Waals surface area (Å²) in [6.45, 7) is 8.59. The zero-order valence-electron chi connectivity index (χ0n) is 22.5. The smallest absolute Gasteiger partial charge is 0.258 e. The number of methoxy groups -OCH3 is 1. The van der Waals surface area contributed by atoms with Crippen LogP contribution in [0.1, 0.15) is 42.1 Å². The van der Waals surface area contributed by atoms with Crippen molar-refractivity contribution in [3.05, 3.63) is 53.3 Å². The first-order valence-electron chi connectivity index (χ1n) is 13.9. The van der Waals surface area contributed by atoms with E-state index in [4.69, 9.17) is 14.2 Å². The van der Waals surface area contributed by atoms with Crippen molar-refractivity contribution in [2.45, 2.75) is 44.8 Å². The first kappa shape index (κ1) is 25.6. The summed E-state index contributed by atoms with van der Waals surface area (Å²) in [5, 5.41) is 0. The SMILES string of the molecule is COCC(C)N1CC2(CCN(c3ccc(N4CCc5cc(OC[C@@H]6CCCO6)ccc5C4=O)cc3F)C2)C1. The van der Waals surface area contributed by atoms with E-state index >= 15 is 4.39 Å². The number of likely N-dealkylation sites (tertiary alicyclic amines) is 1. The minimum absolute atomic E-state index is 0.0936. The van der Waals surface area contributed by atoms with Crippen LogP contribution in [0.3, 0.4) is 0 Å². The molecular formula is C30H38FN3O4. The average molecular weight is 524 g/mol. The molecule has 7 nitrogen and oxygen atoms in total. The number of hydrogen-bond acceptors (Lipinski definition) is 6. The summed E-state index contributed by atoms with van der Waals surface area (Å²) in [5.41, 5.74) is 3.12. The van der Waals surface area contributed by atoms with E-state index in [9.17, 15) is 4.79 Å². The van der Waals surface area contributed by atoms with Crippen molar-refractivity contribution < 1.29 is 23.4 Å². The standard InChI is InChI=1S/C30H38FN3O4/c1-21(16-36-2)33-19-30(20-33)10-12-32(18-30)28-8-5-23(15-27(28)31)34-11-9-22-14-24(6-7-26(22)29(34)35)38-17-25-4-3-13-37-25/h5-8,14-15,21,25H,3-4,9-13,16-20H2,1-2H3/t21?,25-/m0/s1. The lowest BCUT2D eigenvalue weighted by Crippen LogP contribution is -2.61. The van der Waals surface area contributed by atoms with Crippen LogP contribution in [-0.2, 0) is 15.9 Å². The van der Waals surface area contributed by atoms with Crippen molar-refractivity contribution in [3.8, 4) is 5.75 Å². The van der Waals surface area contributed by atoms with Gasteiger partial charge in [0, 0.05) is 69.1 Å². The lowest BCUT2D eigenvalue weighted by molar-refractivity contribution is -0.0331. The van der Waals surface area contributed by atoms with Gasteiger partial charge in [-0.15, -0.1) is 0 Å². The Labute approximate surface area is 224 Å². The van der Waals surface area contributed by atoms with Crippen LogP contribution >= 0.6 is 0 Å². The van der Waals surface area contributed by atoms with E-state index in [0.29, 0.717) is 42.6 Å². The highest BCUT2D eigenvalue weighted by molar-refractivity contribution is 6.08. The van der Waals surface area contributed by atoms with Gasteiger partial charge in [-0.2, -0.15) is 0 Å². The molecule has 1 amide bonds. The molecule has 0 aliphatic carbocycles. The van der Waals surface area contributed by atoms with Gasteiger partial charge in [-0.25, -0.2) is 4.39 Å². The van der Waals surface area contributed by atoms with Crippen LogP contribution in [0.25, 0.3) is 0 Å². The highest BCUT2D eigenvalue weighted by atomic mass is 19.1. The number of ether oxygens (including phenoxy) is 3. The third kappa shape index (κ3) is 4.90. The summed E-state index contributed by atoms with van der Waals surface area (Å²) < 4.78 is 32.2. The number of benzene rings is 2. The Kier molecular flexibility index (Phi) is 7.05. The van der Waals surface area contributed by atoms with E-state index in [1.165, 1.54) is 6.07 Å². The molecule has 6 rings (SSSR count). The monoisotopic (exact) mass is 523 g/mol. The van der Waals surface area contributed by atoms with E-state index < -0.39 is 0 Å². The molecular weight excluding hydrogens is 485 g/mol. The largest absolute Gasteiger partial charge is 0.491 e. The third-order valence-corrected chi connectivity index (χ3v) is 8.75. The topological polar surface area (TPSA) is 54.5 Å². The number of halogens is 1. The van der Waals surface area contributed by atoms with Gasteiger partial charge in [-0.05, 0) is 74.6 Å². The number of rotatable bonds is 8. The van der Waals surface area contributed by atoms with Crippen molar-refractivity contribution in [2.75, 3.05) is 69.5 Å². The van der Waals surface area contributed by atoms with Crippen LogP contribution in [0.5, 0.6) is 5.75 Å². The van der Waals surface area contributed by atoms with E-state index in [1.54, 1.807) is 12.0 Å². The Hall–Kier alpha value is -2.68. The van der Waals surface area contributed by atoms with Crippen molar-refractivity contribution >= 4 is 17.3 Å². The molecule has 0 radical (unpaired) electrons. The highest BCUT2D eigenvalue weighted by Gasteiger charge is 2.49. The lowest BCUT2D eigenvalue weighted by Gasteiger charge is -2.50. The molecule has 8 heteroatoms. The molecule has 38 heavy (non-hydrogen) atoms. The molecule has 204 valence electrons. The van der Waals surface area contributed by atoms with E-state index in [2.05, 4.69) is 16.7 Å². The van der Waals surface area contributed by atoms with E-state index in [1.807, 2.05) is 30.3 Å². The van der Waals surface area contributed by atoms with Gasteiger partial charge in [0.25, 0.3) is 5.91 Å². The van der Waals surface area contributed by atoms with Gasteiger partial charge in [0.05, 0.1) is 18.4 Å². The van der Waals surface area contributed by atoms with Crippen molar-refractivity contribution in [1.29, 1.82) is 0 Å². The predicted octanol–water partition coefficient (Wildman–Crippen LogP) is 4.13. The summed E-state index contributed by atoms with van der Waals surface area (Å²) >= 11 is 0. The fraction of sp³-hybridized carbons (Fsp3) is 0.567. The highest BCUT2D eigenvalue weighted by Crippen LogP contribution is 2.43. The maximum absolute atomic E-state index is 15.4. The number of carbonyl (C=O) groups excluding carboxylic acids is 1. The molecule has 0 bridgehead atoms. The molecule has 1 spiro atoms. The number of hydrogen-bond donors (Lipinski definition) is 0. The second-order valence-electron chi connectivity index (χ2n) is 11.5. The van der Waals surface area contributed by atoms with Gasteiger partial charge < -0.3 is 24.0 Å². The summed E-state index contributed by atoms with van der Waals surface area (Å²) in [4.78, 5) is 19.6. The Bertz CT molecular complexity index is 1180. The predicted molar refractivity (Wildman–Crippen MR) is 145 cm³/mol. The molecule has 4 aliphatic heterocycles. The third-order valence-electron chi connectivity index (χ3n) is 8.75. The van der Waals surface area contributed by atoms with Crippen LogP contribution < -0.4 is 14.5 Å². The number of amides is 1. The minimum Gasteiger partial charge on any atom is -0.491 e.